The van der Waals surface area contributed by atoms with Crippen LogP contribution in [0.15, 0.2) is 35.3 Å². The van der Waals surface area contributed by atoms with E-state index in [1.807, 2.05) is 44.2 Å². The molecule has 4 heteroatoms. The fourth-order valence-corrected chi connectivity index (χ4v) is 1.44. The zero-order valence-electron chi connectivity index (χ0n) is 11.2. The fraction of sp³-hybridized carbons (Fsp3) is 0.500. The number of ether oxygens (including phenoxy) is 1. The zero-order chi connectivity index (χ0) is 13.2. The van der Waals surface area contributed by atoms with Gasteiger partial charge in [-0.2, -0.15) is 0 Å². The van der Waals surface area contributed by atoms with Crippen LogP contribution in [0.2, 0.25) is 0 Å². The number of nitrogens with two attached hydrogens (primary N) is 1. The van der Waals surface area contributed by atoms with Gasteiger partial charge < -0.3 is 15.8 Å². The maximum atomic E-state index is 5.78. The summed E-state index contributed by atoms with van der Waals surface area (Å²) in [6.45, 7) is 5.60. The number of aliphatic imine (C=N–C) groups is 1. The van der Waals surface area contributed by atoms with Gasteiger partial charge in [0.15, 0.2) is 5.96 Å². The van der Waals surface area contributed by atoms with Crippen molar-refractivity contribution in [2.24, 2.45) is 10.7 Å². The first-order chi connectivity index (χ1) is 8.68. The van der Waals surface area contributed by atoms with Crippen LogP contribution in [0.4, 0.5) is 5.69 Å². The van der Waals surface area contributed by atoms with Gasteiger partial charge >= 0.3 is 0 Å². The summed E-state index contributed by atoms with van der Waals surface area (Å²) >= 11 is 0. The van der Waals surface area contributed by atoms with E-state index < -0.39 is 0 Å². The molecule has 0 heterocycles. The van der Waals surface area contributed by atoms with Gasteiger partial charge in [-0.15, -0.1) is 0 Å². The molecule has 1 rings (SSSR count). The van der Waals surface area contributed by atoms with Crippen molar-refractivity contribution in [2.75, 3.05) is 18.5 Å². The molecule has 0 spiro atoms. The van der Waals surface area contributed by atoms with Gasteiger partial charge in [-0.05, 0) is 38.8 Å². The van der Waals surface area contributed by atoms with Gasteiger partial charge in [-0.1, -0.05) is 18.2 Å². The summed E-state index contributed by atoms with van der Waals surface area (Å²) < 4.78 is 5.45. The molecule has 0 atom stereocenters. The second kappa shape index (κ2) is 8.53. The van der Waals surface area contributed by atoms with Crippen LogP contribution in [-0.2, 0) is 4.74 Å². The van der Waals surface area contributed by atoms with Gasteiger partial charge in [0, 0.05) is 18.8 Å². The standard InChI is InChI=1S/C14H23N3O/c1-12(2)18-11-7-6-10-16-14(15)17-13-8-4-3-5-9-13/h3-5,8-9,12H,6-7,10-11H2,1-2H3,(H3,15,16,17). The Morgan fingerprint density at radius 2 is 2.00 bits per heavy atom. The van der Waals surface area contributed by atoms with Crippen molar-refractivity contribution in [3.63, 3.8) is 0 Å². The lowest BCUT2D eigenvalue weighted by atomic mass is 10.3. The van der Waals surface area contributed by atoms with E-state index in [4.69, 9.17) is 10.5 Å². The van der Waals surface area contributed by atoms with Crippen LogP contribution in [0.3, 0.4) is 0 Å². The maximum absolute atomic E-state index is 5.78. The molecule has 0 aliphatic rings. The molecule has 0 unspecified atom stereocenters. The lowest BCUT2D eigenvalue weighted by Gasteiger charge is -2.07. The molecule has 100 valence electrons. The number of nitrogens with one attached hydrogen (secondary N) is 1. The fourth-order valence-electron chi connectivity index (χ4n) is 1.44. The SMILES string of the molecule is CC(C)OCCCCN=C(N)Nc1ccccc1. The Bertz CT molecular complexity index is 349. The van der Waals surface area contributed by atoms with E-state index in [-0.39, 0.29) is 0 Å². The maximum Gasteiger partial charge on any atom is 0.193 e. The van der Waals surface area contributed by atoms with E-state index in [1.165, 1.54) is 0 Å². The topological polar surface area (TPSA) is 59.6 Å². The van der Waals surface area contributed by atoms with Crippen molar-refractivity contribution in [1.29, 1.82) is 0 Å². The number of para-hydroxylation sites is 1. The molecule has 4 nitrogen and oxygen atoms in total. The highest BCUT2D eigenvalue weighted by molar-refractivity contribution is 5.92. The number of unbranched alkanes of at least 4 members (excludes halogenated alkanes) is 1. The number of rotatable bonds is 7. The Labute approximate surface area is 109 Å². The molecule has 0 aromatic heterocycles. The Morgan fingerprint density at radius 1 is 1.28 bits per heavy atom. The summed E-state index contributed by atoms with van der Waals surface area (Å²) in [5.74, 6) is 0.464. The first-order valence-electron chi connectivity index (χ1n) is 6.42. The second-order valence-electron chi connectivity index (χ2n) is 4.38. The molecular weight excluding hydrogens is 226 g/mol. The molecule has 0 radical (unpaired) electrons. The monoisotopic (exact) mass is 249 g/mol. The lowest BCUT2D eigenvalue weighted by molar-refractivity contribution is 0.0764. The minimum absolute atomic E-state index is 0.304. The summed E-state index contributed by atoms with van der Waals surface area (Å²) in [6, 6.07) is 9.79. The Hall–Kier alpha value is -1.55. The molecule has 1 aromatic rings. The van der Waals surface area contributed by atoms with E-state index in [0.29, 0.717) is 12.1 Å². The third-order valence-corrected chi connectivity index (χ3v) is 2.33. The first-order valence-corrected chi connectivity index (χ1v) is 6.42. The van der Waals surface area contributed by atoms with Crippen LogP contribution in [0.25, 0.3) is 0 Å². The van der Waals surface area contributed by atoms with Crippen LogP contribution in [0.5, 0.6) is 0 Å². The summed E-state index contributed by atoms with van der Waals surface area (Å²) in [4.78, 5) is 4.26. The van der Waals surface area contributed by atoms with Crippen molar-refractivity contribution < 1.29 is 4.74 Å². The number of hydrogen-bond donors (Lipinski definition) is 2. The predicted octanol–water partition coefficient (Wildman–Crippen LogP) is 2.62. The van der Waals surface area contributed by atoms with Gasteiger partial charge in [-0.3, -0.25) is 4.99 Å². The predicted molar refractivity (Wildman–Crippen MR) is 76.9 cm³/mol. The third kappa shape index (κ3) is 6.91. The normalized spacial score (nSPS) is 11.8. The van der Waals surface area contributed by atoms with Gasteiger partial charge in [0.1, 0.15) is 0 Å². The average Bonchev–Trinajstić information content (AvgIpc) is 2.34. The zero-order valence-corrected chi connectivity index (χ0v) is 11.2. The molecule has 18 heavy (non-hydrogen) atoms. The molecule has 0 saturated heterocycles. The summed E-state index contributed by atoms with van der Waals surface area (Å²) in [5.41, 5.74) is 6.74. The number of guanidine groups is 1. The van der Waals surface area contributed by atoms with Crippen LogP contribution in [0.1, 0.15) is 26.7 Å². The van der Waals surface area contributed by atoms with E-state index in [9.17, 15) is 0 Å². The van der Waals surface area contributed by atoms with Crippen molar-refractivity contribution in [2.45, 2.75) is 32.8 Å². The summed E-state index contributed by atoms with van der Waals surface area (Å²) in [5, 5.41) is 3.05. The van der Waals surface area contributed by atoms with Gasteiger partial charge in [0.2, 0.25) is 0 Å². The Kier molecular flexibility index (Phi) is 6.87. The molecule has 0 fully saturated rings. The van der Waals surface area contributed by atoms with Gasteiger partial charge in [0.05, 0.1) is 6.10 Å². The highest BCUT2D eigenvalue weighted by Crippen LogP contribution is 2.03. The minimum Gasteiger partial charge on any atom is -0.379 e. The van der Waals surface area contributed by atoms with Crippen LogP contribution in [0, 0.1) is 0 Å². The van der Waals surface area contributed by atoms with Crippen molar-refractivity contribution in [1.82, 2.24) is 0 Å². The van der Waals surface area contributed by atoms with E-state index >= 15 is 0 Å². The van der Waals surface area contributed by atoms with E-state index in [2.05, 4.69) is 10.3 Å². The Morgan fingerprint density at radius 3 is 2.67 bits per heavy atom. The molecule has 3 N–H and O–H groups in total. The number of nitrogens with zero attached hydrogens (tertiary/aromatic N) is 1. The van der Waals surface area contributed by atoms with E-state index in [0.717, 1.165) is 31.7 Å². The summed E-state index contributed by atoms with van der Waals surface area (Å²) in [7, 11) is 0. The van der Waals surface area contributed by atoms with E-state index in [1.54, 1.807) is 0 Å². The third-order valence-electron chi connectivity index (χ3n) is 2.33. The number of hydrogen-bond acceptors (Lipinski definition) is 2. The molecule has 0 amide bonds. The second-order valence-corrected chi connectivity index (χ2v) is 4.38. The lowest BCUT2D eigenvalue weighted by Crippen LogP contribution is -2.22. The summed E-state index contributed by atoms with van der Waals surface area (Å²) in [6.07, 6.45) is 2.31. The molecule has 0 aliphatic carbocycles. The molecule has 0 aliphatic heterocycles. The molecule has 0 saturated carbocycles. The Balaban J connectivity index is 2.14. The smallest absolute Gasteiger partial charge is 0.193 e. The van der Waals surface area contributed by atoms with Crippen LogP contribution in [-0.4, -0.2) is 25.2 Å². The van der Waals surface area contributed by atoms with Crippen molar-refractivity contribution >= 4 is 11.6 Å². The van der Waals surface area contributed by atoms with Crippen LogP contribution >= 0.6 is 0 Å². The first kappa shape index (κ1) is 14.5. The molecule has 1 aromatic carbocycles. The highest BCUT2D eigenvalue weighted by atomic mass is 16.5. The number of benzene rings is 1. The highest BCUT2D eigenvalue weighted by Gasteiger charge is 1.95. The van der Waals surface area contributed by atoms with Crippen molar-refractivity contribution in [3.8, 4) is 0 Å². The minimum atomic E-state index is 0.304. The molecular formula is C14H23N3O. The van der Waals surface area contributed by atoms with Gasteiger partial charge in [-0.25, -0.2) is 0 Å². The number of anilines is 1. The largest absolute Gasteiger partial charge is 0.379 e. The van der Waals surface area contributed by atoms with Crippen molar-refractivity contribution in [3.05, 3.63) is 30.3 Å². The van der Waals surface area contributed by atoms with Crippen LogP contribution < -0.4 is 11.1 Å². The van der Waals surface area contributed by atoms with Gasteiger partial charge in [0.25, 0.3) is 0 Å². The average molecular weight is 249 g/mol. The quantitative estimate of drug-likeness (QED) is 0.443. The molecule has 0 bridgehead atoms.